The number of rotatable bonds is 7. The molecule has 0 aliphatic carbocycles. The van der Waals surface area contributed by atoms with Gasteiger partial charge in [-0.05, 0) is 28.5 Å². The van der Waals surface area contributed by atoms with Crippen LogP contribution in [-0.2, 0) is 17.9 Å². The SMILES string of the molecule is O=C(CSc1ccc2ccccc2c1)NCc1ccccc1C[NH+]1CCCC1. The number of quaternary nitrogens is 1. The second kappa shape index (κ2) is 9.26. The summed E-state index contributed by atoms with van der Waals surface area (Å²) in [6.07, 6.45) is 2.67. The van der Waals surface area contributed by atoms with Crippen LogP contribution in [0.15, 0.2) is 71.6 Å². The van der Waals surface area contributed by atoms with Crippen molar-refractivity contribution in [1.29, 1.82) is 0 Å². The van der Waals surface area contributed by atoms with Crippen molar-refractivity contribution in [3.8, 4) is 0 Å². The third kappa shape index (κ3) is 4.94. The zero-order chi connectivity index (χ0) is 19.2. The predicted octanol–water partition coefficient (Wildman–Crippen LogP) is 3.43. The van der Waals surface area contributed by atoms with Crippen LogP contribution in [0.2, 0.25) is 0 Å². The lowest BCUT2D eigenvalue weighted by molar-refractivity contribution is -0.901. The van der Waals surface area contributed by atoms with Gasteiger partial charge in [-0.3, -0.25) is 4.79 Å². The zero-order valence-electron chi connectivity index (χ0n) is 16.1. The number of likely N-dealkylation sites (tertiary alicyclic amines) is 1. The standard InChI is InChI=1S/C24H26N2OS/c27-24(18-28-23-12-11-19-7-1-2-8-20(19)15-23)25-16-21-9-3-4-10-22(21)17-26-13-5-6-14-26/h1-4,7-12,15H,5-6,13-14,16-18H2,(H,25,27)/p+1. The molecule has 4 heteroatoms. The molecule has 3 nitrogen and oxygen atoms in total. The molecular formula is C24H27N2OS+. The number of amides is 1. The number of carbonyl (C=O) groups excluding carboxylic acids is 1. The maximum atomic E-state index is 12.4. The van der Waals surface area contributed by atoms with Gasteiger partial charge in [0.25, 0.3) is 0 Å². The first-order valence-corrected chi connectivity index (χ1v) is 11.1. The molecule has 3 aromatic carbocycles. The Bertz CT molecular complexity index is 950. The van der Waals surface area contributed by atoms with Crippen molar-refractivity contribution in [3.63, 3.8) is 0 Å². The Morgan fingerprint density at radius 1 is 0.893 bits per heavy atom. The van der Waals surface area contributed by atoms with E-state index in [2.05, 4.69) is 59.9 Å². The van der Waals surface area contributed by atoms with Crippen molar-refractivity contribution in [2.45, 2.75) is 30.8 Å². The van der Waals surface area contributed by atoms with E-state index in [-0.39, 0.29) is 5.91 Å². The van der Waals surface area contributed by atoms with E-state index < -0.39 is 0 Å². The molecule has 1 fully saturated rings. The van der Waals surface area contributed by atoms with Crippen molar-refractivity contribution < 1.29 is 9.69 Å². The van der Waals surface area contributed by atoms with E-state index in [9.17, 15) is 4.79 Å². The van der Waals surface area contributed by atoms with Gasteiger partial charge < -0.3 is 10.2 Å². The lowest BCUT2D eigenvalue weighted by Gasteiger charge is -2.15. The summed E-state index contributed by atoms with van der Waals surface area (Å²) in [4.78, 5) is 15.2. The molecule has 1 amide bonds. The molecule has 1 aliphatic heterocycles. The molecule has 0 atom stereocenters. The molecule has 0 unspecified atom stereocenters. The van der Waals surface area contributed by atoms with Crippen molar-refractivity contribution in [1.82, 2.24) is 5.32 Å². The second-order valence-corrected chi connectivity index (χ2v) is 8.53. The predicted molar refractivity (Wildman–Crippen MR) is 117 cm³/mol. The van der Waals surface area contributed by atoms with Gasteiger partial charge in [-0.1, -0.05) is 54.6 Å². The number of hydrogen-bond acceptors (Lipinski definition) is 2. The van der Waals surface area contributed by atoms with E-state index >= 15 is 0 Å². The summed E-state index contributed by atoms with van der Waals surface area (Å²) in [7, 11) is 0. The van der Waals surface area contributed by atoms with Crippen LogP contribution in [0, 0.1) is 0 Å². The van der Waals surface area contributed by atoms with E-state index in [1.54, 1.807) is 16.7 Å². The lowest BCUT2D eigenvalue weighted by Crippen LogP contribution is -3.08. The van der Waals surface area contributed by atoms with E-state index in [4.69, 9.17) is 0 Å². The van der Waals surface area contributed by atoms with Gasteiger partial charge in [-0.2, -0.15) is 0 Å². The highest BCUT2D eigenvalue weighted by molar-refractivity contribution is 8.00. The molecule has 0 bridgehead atoms. The van der Waals surface area contributed by atoms with Crippen molar-refractivity contribution in [2.75, 3.05) is 18.8 Å². The van der Waals surface area contributed by atoms with Crippen LogP contribution in [0.25, 0.3) is 10.8 Å². The first kappa shape index (κ1) is 19.0. The first-order valence-electron chi connectivity index (χ1n) is 10.1. The van der Waals surface area contributed by atoms with Gasteiger partial charge in [0.2, 0.25) is 5.91 Å². The van der Waals surface area contributed by atoms with Gasteiger partial charge in [-0.15, -0.1) is 11.8 Å². The van der Waals surface area contributed by atoms with Gasteiger partial charge in [0.1, 0.15) is 6.54 Å². The minimum atomic E-state index is 0.0847. The molecule has 0 aromatic heterocycles. The third-order valence-electron chi connectivity index (χ3n) is 5.44. The van der Waals surface area contributed by atoms with Gasteiger partial charge in [0.15, 0.2) is 0 Å². The summed E-state index contributed by atoms with van der Waals surface area (Å²) >= 11 is 1.59. The van der Waals surface area contributed by atoms with Crippen LogP contribution in [-0.4, -0.2) is 24.7 Å². The molecule has 0 spiro atoms. The van der Waals surface area contributed by atoms with Gasteiger partial charge in [0, 0.05) is 29.8 Å². The molecule has 4 rings (SSSR count). The highest BCUT2D eigenvalue weighted by Gasteiger charge is 2.17. The molecule has 144 valence electrons. The monoisotopic (exact) mass is 391 g/mol. The van der Waals surface area contributed by atoms with E-state index in [1.807, 2.05) is 12.1 Å². The topological polar surface area (TPSA) is 33.5 Å². The number of carbonyl (C=O) groups is 1. The number of thioether (sulfide) groups is 1. The van der Waals surface area contributed by atoms with Crippen molar-refractivity contribution in [3.05, 3.63) is 77.9 Å². The minimum absolute atomic E-state index is 0.0847. The summed E-state index contributed by atoms with van der Waals surface area (Å²) < 4.78 is 0. The zero-order valence-corrected chi connectivity index (χ0v) is 16.9. The maximum Gasteiger partial charge on any atom is 0.230 e. The largest absolute Gasteiger partial charge is 0.351 e. The van der Waals surface area contributed by atoms with Crippen LogP contribution in [0.1, 0.15) is 24.0 Å². The Morgan fingerprint density at radius 2 is 1.61 bits per heavy atom. The Hall–Kier alpha value is -2.30. The van der Waals surface area contributed by atoms with Crippen molar-refractivity contribution >= 4 is 28.4 Å². The van der Waals surface area contributed by atoms with Gasteiger partial charge in [0.05, 0.1) is 18.8 Å². The normalized spacial score (nSPS) is 14.4. The number of benzene rings is 3. The Morgan fingerprint density at radius 3 is 2.43 bits per heavy atom. The van der Waals surface area contributed by atoms with Crippen LogP contribution in [0.5, 0.6) is 0 Å². The minimum Gasteiger partial charge on any atom is -0.351 e. The quantitative estimate of drug-likeness (QED) is 0.605. The number of nitrogens with one attached hydrogen (secondary N) is 2. The average Bonchev–Trinajstić information content (AvgIpc) is 3.24. The van der Waals surface area contributed by atoms with Crippen LogP contribution >= 0.6 is 11.8 Å². The Labute approximate surface area is 171 Å². The molecule has 1 saturated heterocycles. The fourth-order valence-corrected chi connectivity index (χ4v) is 4.65. The first-order chi connectivity index (χ1) is 13.8. The van der Waals surface area contributed by atoms with Crippen molar-refractivity contribution in [2.24, 2.45) is 0 Å². The van der Waals surface area contributed by atoms with E-state index in [0.29, 0.717) is 12.3 Å². The highest BCUT2D eigenvalue weighted by atomic mass is 32.2. The second-order valence-electron chi connectivity index (χ2n) is 7.48. The molecule has 0 radical (unpaired) electrons. The van der Waals surface area contributed by atoms with E-state index in [1.165, 1.54) is 47.8 Å². The fraction of sp³-hybridized carbons (Fsp3) is 0.292. The average molecular weight is 392 g/mol. The maximum absolute atomic E-state index is 12.4. The molecule has 2 N–H and O–H groups in total. The summed E-state index contributed by atoms with van der Waals surface area (Å²) in [6.45, 7) is 4.21. The third-order valence-corrected chi connectivity index (χ3v) is 6.43. The van der Waals surface area contributed by atoms with Crippen LogP contribution in [0.3, 0.4) is 0 Å². The van der Waals surface area contributed by atoms with Gasteiger partial charge >= 0.3 is 0 Å². The molecule has 1 heterocycles. The molecule has 0 saturated carbocycles. The molecule has 3 aromatic rings. The summed E-state index contributed by atoms with van der Waals surface area (Å²) in [5.41, 5.74) is 2.60. The number of hydrogen-bond donors (Lipinski definition) is 2. The molecule has 1 aliphatic rings. The Balaban J connectivity index is 1.30. The fourth-order valence-electron chi connectivity index (χ4n) is 3.87. The summed E-state index contributed by atoms with van der Waals surface area (Å²) in [6, 6.07) is 23.2. The molecular weight excluding hydrogens is 364 g/mol. The van der Waals surface area contributed by atoms with Gasteiger partial charge in [-0.25, -0.2) is 0 Å². The smallest absolute Gasteiger partial charge is 0.230 e. The summed E-state index contributed by atoms with van der Waals surface area (Å²) in [5.74, 6) is 0.527. The summed E-state index contributed by atoms with van der Waals surface area (Å²) in [5, 5.41) is 5.55. The Kier molecular flexibility index (Phi) is 6.30. The van der Waals surface area contributed by atoms with E-state index in [0.717, 1.165) is 11.4 Å². The molecule has 28 heavy (non-hydrogen) atoms. The lowest BCUT2D eigenvalue weighted by atomic mass is 10.1. The van der Waals surface area contributed by atoms with Crippen LogP contribution < -0.4 is 10.2 Å². The highest BCUT2D eigenvalue weighted by Crippen LogP contribution is 2.23. The number of fused-ring (bicyclic) bond motifs is 1. The van der Waals surface area contributed by atoms with Crippen LogP contribution in [0.4, 0.5) is 0 Å².